The molecule has 0 aliphatic heterocycles. The topological polar surface area (TPSA) is 48.5 Å². The average molecular weight is 944 g/mol. The van der Waals surface area contributed by atoms with Gasteiger partial charge in [-0.25, -0.2) is 4.98 Å². The molecule has 0 aliphatic rings. The summed E-state index contributed by atoms with van der Waals surface area (Å²) in [5.74, 6) is 1.76. The molecule has 11 aromatic carbocycles. The molecule has 14 rings (SSSR count). The van der Waals surface area contributed by atoms with Crippen LogP contribution >= 0.6 is 0 Å². The van der Waals surface area contributed by atoms with Gasteiger partial charge in [0.1, 0.15) is 0 Å². The smallest absolute Gasteiger partial charge is 0.238 e. The van der Waals surface area contributed by atoms with Gasteiger partial charge in [0.25, 0.3) is 0 Å². The zero-order valence-electron chi connectivity index (χ0n) is 40.2. The fourth-order valence-electron chi connectivity index (χ4n) is 10.9. The number of aromatic nitrogens is 5. The van der Waals surface area contributed by atoms with Gasteiger partial charge in [-0.2, -0.15) is 9.97 Å². The molecule has 3 heterocycles. The fraction of sp³-hybridized carbons (Fsp3) is 0. The highest BCUT2D eigenvalue weighted by Gasteiger charge is 2.23. The molecule has 5 nitrogen and oxygen atoms in total. The van der Waals surface area contributed by atoms with Crippen molar-refractivity contribution in [2.24, 2.45) is 0 Å². The van der Waals surface area contributed by atoms with Crippen molar-refractivity contribution >= 4 is 43.6 Å². The lowest BCUT2D eigenvalue weighted by atomic mass is 9.95. The SMILES string of the molecule is c1ccc(-c2ccc(-n3c4ccccc4c4ccccc43)c(-c3ccc(-c4ccc(-c5nc(-c6ccccc6)nc(-n6c7ccccc7c7cc(-c8ccccc8)cc(-c8ccccc8)c76)n5)cc4)cc3)c2)cc1. The number of hydrogen-bond acceptors (Lipinski definition) is 3. The lowest BCUT2D eigenvalue weighted by Crippen LogP contribution is -2.07. The Balaban J connectivity index is 0.880. The van der Waals surface area contributed by atoms with E-state index < -0.39 is 0 Å². The molecule has 14 aromatic rings. The predicted molar refractivity (Wildman–Crippen MR) is 307 cm³/mol. The first kappa shape index (κ1) is 42.9. The Hall–Kier alpha value is -9.97. The first-order valence-electron chi connectivity index (χ1n) is 25.1. The van der Waals surface area contributed by atoms with Crippen LogP contribution in [0.15, 0.2) is 273 Å². The number of benzene rings is 11. The molecule has 0 saturated heterocycles. The number of nitrogens with zero attached hydrogens (tertiary/aromatic N) is 5. The van der Waals surface area contributed by atoms with Crippen molar-refractivity contribution in [3.8, 4) is 90.0 Å². The second-order valence-corrected chi connectivity index (χ2v) is 18.8. The normalized spacial score (nSPS) is 11.5. The summed E-state index contributed by atoms with van der Waals surface area (Å²) in [7, 11) is 0. The van der Waals surface area contributed by atoms with Crippen LogP contribution in [0.2, 0.25) is 0 Å². The van der Waals surface area contributed by atoms with Gasteiger partial charge in [-0.15, -0.1) is 0 Å². The van der Waals surface area contributed by atoms with Gasteiger partial charge in [0.15, 0.2) is 11.6 Å². The Morgan fingerprint density at radius 2 is 0.595 bits per heavy atom. The second kappa shape index (κ2) is 18.0. The zero-order valence-corrected chi connectivity index (χ0v) is 40.2. The highest BCUT2D eigenvalue weighted by Crippen LogP contribution is 2.42. The van der Waals surface area contributed by atoms with Crippen LogP contribution in [0.1, 0.15) is 0 Å². The minimum absolute atomic E-state index is 0.556. The Bertz CT molecular complexity index is 4320. The third-order valence-electron chi connectivity index (χ3n) is 14.4. The van der Waals surface area contributed by atoms with Crippen molar-refractivity contribution in [2.75, 3.05) is 0 Å². The zero-order chi connectivity index (χ0) is 49.0. The van der Waals surface area contributed by atoms with E-state index in [2.05, 4.69) is 264 Å². The molecule has 0 saturated carbocycles. The highest BCUT2D eigenvalue weighted by molar-refractivity contribution is 6.15. The molecular formula is C69H45N5. The van der Waals surface area contributed by atoms with Gasteiger partial charge in [-0.1, -0.05) is 231 Å². The van der Waals surface area contributed by atoms with E-state index in [-0.39, 0.29) is 0 Å². The molecule has 0 fully saturated rings. The maximum atomic E-state index is 5.37. The molecule has 0 spiro atoms. The van der Waals surface area contributed by atoms with Crippen molar-refractivity contribution in [1.29, 1.82) is 0 Å². The van der Waals surface area contributed by atoms with Gasteiger partial charge in [-0.3, -0.25) is 4.57 Å². The highest BCUT2D eigenvalue weighted by atomic mass is 15.2. The third-order valence-corrected chi connectivity index (χ3v) is 14.4. The van der Waals surface area contributed by atoms with Crippen LogP contribution in [0.25, 0.3) is 134 Å². The lowest BCUT2D eigenvalue weighted by molar-refractivity contribution is 0.954. The molecular weight excluding hydrogens is 899 g/mol. The fourth-order valence-corrected chi connectivity index (χ4v) is 10.9. The molecule has 0 aliphatic carbocycles. The summed E-state index contributed by atoms with van der Waals surface area (Å²) in [4.78, 5) is 15.9. The van der Waals surface area contributed by atoms with E-state index >= 15 is 0 Å². The monoisotopic (exact) mass is 943 g/mol. The van der Waals surface area contributed by atoms with E-state index in [1.165, 1.54) is 32.9 Å². The molecule has 346 valence electrons. The van der Waals surface area contributed by atoms with E-state index in [9.17, 15) is 0 Å². The molecule has 0 atom stereocenters. The molecule has 0 N–H and O–H groups in total. The number of para-hydroxylation sites is 3. The number of rotatable bonds is 9. The molecule has 5 heteroatoms. The minimum Gasteiger partial charge on any atom is -0.309 e. The maximum absolute atomic E-state index is 5.37. The molecule has 0 amide bonds. The standard InChI is InChI=1S/C69H45N5/c1-5-19-46(20-6-1)54-41-42-65(73-62-30-16-13-27-56(62)57-28-14-17-31-63(57)73)59(43-54)51-37-33-48(34-38-51)49-35-39-53(40-36-49)68-70-67(52-25-11-4-12-26-52)71-69(72-68)74-64-32-18-15-29-58(64)61-45-55(47-21-7-2-8-22-47)44-60(66(61)74)50-23-9-3-10-24-50/h1-45H. The lowest BCUT2D eigenvalue weighted by Gasteiger charge is -2.16. The summed E-state index contributed by atoms with van der Waals surface area (Å²) < 4.78 is 4.65. The molecule has 0 unspecified atom stereocenters. The van der Waals surface area contributed by atoms with E-state index in [1.54, 1.807) is 0 Å². The van der Waals surface area contributed by atoms with Crippen molar-refractivity contribution in [3.05, 3.63) is 273 Å². The quantitative estimate of drug-likeness (QED) is 0.145. The van der Waals surface area contributed by atoms with Crippen molar-refractivity contribution < 1.29 is 0 Å². The second-order valence-electron chi connectivity index (χ2n) is 18.8. The Morgan fingerprint density at radius 1 is 0.230 bits per heavy atom. The van der Waals surface area contributed by atoms with Crippen LogP contribution in [-0.4, -0.2) is 24.1 Å². The molecule has 74 heavy (non-hydrogen) atoms. The van der Waals surface area contributed by atoms with Gasteiger partial charge in [-0.05, 0) is 87.0 Å². The van der Waals surface area contributed by atoms with Crippen LogP contribution in [0.4, 0.5) is 0 Å². The van der Waals surface area contributed by atoms with Gasteiger partial charge in [0.05, 0.1) is 27.8 Å². The Kier molecular flexibility index (Phi) is 10.4. The first-order valence-corrected chi connectivity index (χ1v) is 25.1. The molecule has 0 radical (unpaired) electrons. The molecule has 0 bridgehead atoms. The van der Waals surface area contributed by atoms with Crippen molar-refractivity contribution in [1.82, 2.24) is 24.1 Å². The summed E-state index contributed by atoms with van der Waals surface area (Å²) in [6, 6.07) is 97.2. The number of hydrogen-bond donors (Lipinski definition) is 0. The summed E-state index contributed by atoms with van der Waals surface area (Å²) >= 11 is 0. The summed E-state index contributed by atoms with van der Waals surface area (Å²) in [5, 5.41) is 4.74. The summed E-state index contributed by atoms with van der Waals surface area (Å²) in [6.07, 6.45) is 0. The summed E-state index contributed by atoms with van der Waals surface area (Å²) in [6.45, 7) is 0. The average Bonchev–Trinajstić information content (AvgIpc) is 4.01. The van der Waals surface area contributed by atoms with E-state index in [0.717, 1.165) is 83.1 Å². The van der Waals surface area contributed by atoms with Crippen LogP contribution in [0.5, 0.6) is 0 Å². The van der Waals surface area contributed by atoms with E-state index in [0.29, 0.717) is 17.6 Å². The third kappa shape index (κ3) is 7.46. The first-order chi connectivity index (χ1) is 36.7. The largest absolute Gasteiger partial charge is 0.309 e. The minimum atomic E-state index is 0.556. The van der Waals surface area contributed by atoms with Gasteiger partial charge in [0.2, 0.25) is 5.95 Å². The van der Waals surface area contributed by atoms with Crippen molar-refractivity contribution in [2.45, 2.75) is 0 Å². The van der Waals surface area contributed by atoms with Gasteiger partial charge >= 0.3 is 0 Å². The van der Waals surface area contributed by atoms with Crippen LogP contribution < -0.4 is 0 Å². The predicted octanol–water partition coefficient (Wildman–Crippen LogP) is 17.7. The van der Waals surface area contributed by atoms with E-state index in [4.69, 9.17) is 15.0 Å². The Morgan fingerprint density at radius 3 is 1.15 bits per heavy atom. The van der Waals surface area contributed by atoms with Crippen LogP contribution in [0.3, 0.4) is 0 Å². The van der Waals surface area contributed by atoms with Gasteiger partial charge in [0, 0.05) is 43.8 Å². The van der Waals surface area contributed by atoms with E-state index in [1.807, 2.05) is 18.2 Å². The van der Waals surface area contributed by atoms with Crippen LogP contribution in [0, 0.1) is 0 Å². The van der Waals surface area contributed by atoms with Gasteiger partial charge < -0.3 is 4.57 Å². The maximum Gasteiger partial charge on any atom is 0.238 e. The molecule has 3 aromatic heterocycles. The number of fused-ring (bicyclic) bond motifs is 6. The van der Waals surface area contributed by atoms with Crippen molar-refractivity contribution in [3.63, 3.8) is 0 Å². The summed E-state index contributed by atoms with van der Waals surface area (Å²) in [5.41, 5.74) is 18.8. The van der Waals surface area contributed by atoms with Crippen LogP contribution in [-0.2, 0) is 0 Å². The Labute approximate surface area is 428 Å².